The topological polar surface area (TPSA) is 9.23 Å². The van der Waals surface area contributed by atoms with E-state index in [2.05, 4.69) is 52.7 Å². The fourth-order valence-corrected chi connectivity index (χ4v) is 3.28. The maximum Gasteiger partial charge on any atom is 0.241 e. The van der Waals surface area contributed by atoms with Crippen LogP contribution in [0.2, 0.25) is 19.6 Å². The SMILES string of the molecule is C=C[C@H]1C[C@H](C(=C)C)CC(O[Si](C)(C)C)=C1C. The second kappa shape index (κ2) is 5.26. The second-order valence-electron chi connectivity index (χ2n) is 6.15. The van der Waals surface area contributed by atoms with Gasteiger partial charge in [0.25, 0.3) is 0 Å². The minimum absolute atomic E-state index is 0.455. The highest BCUT2D eigenvalue weighted by Gasteiger charge is 2.29. The van der Waals surface area contributed by atoms with Crippen LogP contribution in [0.3, 0.4) is 0 Å². The van der Waals surface area contributed by atoms with E-state index in [0.717, 1.165) is 12.8 Å². The van der Waals surface area contributed by atoms with Crippen molar-refractivity contribution in [1.82, 2.24) is 0 Å². The van der Waals surface area contributed by atoms with Crippen molar-refractivity contribution in [1.29, 1.82) is 0 Å². The molecular weight excluding hydrogens is 224 g/mol. The van der Waals surface area contributed by atoms with E-state index in [4.69, 9.17) is 4.43 Å². The molecule has 0 aromatic rings. The van der Waals surface area contributed by atoms with E-state index >= 15 is 0 Å². The summed E-state index contributed by atoms with van der Waals surface area (Å²) >= 11 is 0. The van der Waals surface area contributed by atoms with Crippen molar-refractivity contribution in [2.45, 2.75) is 46.3 Å². The van der Waals surface area contributed by atoms with E-state index in [0.29, 0.717) is 11.8 Å². The van der Waals surface area contributed by atoms with Crippen LogP contribution in [0.4, 0.5) is 0 Å². The maximum atomic E-state index is 6.23. The van der Waals surface area contributed by atoms with Gasteiger partial charge in [0.2, 0.25) is 8.32 Å². The lowest BCUT2D eigenvalue weighted by Crippen LogP contribution is -2.29. The van der Waals surface area contributed by atoms with Gasteiger partial charge in [-0.2, -0.15) is 0 Å². The monoisotopic (exact) mass is 250 g/mol. The molecule has 1 rings (SSSR count). The molecule has 1 aliphatic rings. The third-order valence-corrected chi connectivity index (χ3v) is 4.24. The Bertz CT molecular complexity index is 346. The third-order valence-electron chi connectivity index (χ3n) is 3.38. The van der Waals surface area contributed by atoms with Gasteiger partial charge in [-0.05, 0) is 51.4 Å². The third kappa shape index (κ3) is 3.88. The van der Waals surface area contributed by atoms with Crippen molar-refractivity contribution in [2.75, 3.05) is 0 Å². The molecule has 96 valence electrons. The van der Waals surface area contributed by atoms with Crippen molar-refractivity contribution >= 4 is 8.32 Å². The first-order valence-corrected chi connectivity index (χ1v) is 9.82. The lowest BCUT2D eigenvalue weighted by atomic mass is 9.78. The normalized spacial score (nSPS) is 25.7. The van der Waals surface area contributed by atoms with Gasteiger partial charge in [-0.1, -0.05) is 18.2 Å². The van der Waals surface area contributed by atoms with Gasteiger partial charge in [0.15, 0.2) is 0 Å². The Morgan fingerprint density at radius 1 is 1.41 bits per heavy atom. The van der Waals surface area contributed by atoms with Gasteiger partial charge in [-0.15, -0.1) is 6.58 Å². The maximum absolute atomic E-state index is 6.23. The van der Waals surface area contributed by atoms with Gasteiger partial charge in [0, 0.05) is 12.3 Å². The molecule has 1 aliphatic carbocycles. The highest BCUT2D eigenvalue weighted by atomic mass is 28.4. The van der Waals surface area contributed by atoms with Gasteiger partial charge in [0.1, 0.15) is 0 Å². The fraction of sp³-hybridized carbons (Fsp3) is 0.600. The molecule has 0 aromatic carbocycles. The minimum atomic E-state index is -1.51. The van der Waals surface area contributed by atoms with E-state index in [-0.39, 0.29) is 0 Å². The molecule has 0 bridgehead atoms. The Kier molecular flexibility index (Phi) is 4.42. The van der Waals surface area contributed by atoms with Crippen LogP contribution in [0.15, 0.2) is 36.1 Å². The van der Waals surface area contributed by atoms with Crippen LogP contribution in [0, 0.1) is 11.8 Å². The Morgan fingerprint density at radius 3 is 2.41 bits per heavy atom. The molecule has 0 amide bonds. The van der Waals surface area contributed by atoms with Gasteiger partial charge in [0.05, 0.1) is 5.76 Å². The van der Waals surface area contributed by atoms with Gasteiger partial charge < -0.3 is 4.43 Å². The number of hydrogen-bond acceptors (Lipinski definition) is 1. The molecule has 0 fully saturated rings. The second-order valence-corrected chi connectivity index (χ2v) is 10.6. The van der Waals surface area contributed by atoms with E-state index in [1.165, 1.54) is 16.9 Å². The summed E-state index contributed by atoms with van der Waals surface area (Å²) < 4.78 is 6.23. The zero-order valence-corrected chi connectivity index (χ0v) is 13.0. The number of hydrogen-bond donors (Lipinski definition) is 0. The molecular formula is C15H26OSi. The van der Waals surface area contributed by atoms with Crippen LogP contribution in [0.25, 0.3) is 0 Å². The zero-order valence-electron chi connectivity index (χ0n) is 12.0. The average Bonchev–Trinajstić information content (AvgIpc) is 2.18. The summed E-state index contributed by atoms with van der Waals surface area (Å²) in [4.78, 5) is 0. The molecule has 0 saturated carbocycles. The Balaban J connectivity index is 2.97. The molecule has 0 aromatic heterocycles. The van der Waals surface area contributed by atoms with Crippen LogP contribution in [0.5, 0.6) is 0 Å². The minimum Gasteiger partial charge on any atom is -0.547 e. The van der Waals surface area contributed by atoms with Crippen molar-refractivity contribution < 1.29 is 4.43 Å². The van der Waals surface area contributed by atoms with Crippen LogP contribution in [-0.2, 0) is 4.43 Å². The number of rotatable bonds is 4. The first kappa shape index (κ1) is 14.3. The van der Waals surface area contributed by atoms with Gasteiger partial charge in [-0.3, -0.25) is 0 Å². The van der Waals surface area contributed by atoms with Crippen LogP contribution in [0.1, 0.15) is 26.7 Å². The lowest BCUT2D eigenvalue weighted by Gasteiger charge is -2.34. The molecule has 1 nitrogen and oxygen atoms in total. The molecule has 0 spiro atoms. The van der Waals surface area contributed by atoms with Crippen molar-refractivity contribution in [2.24, 2.45) is 11.8 Å². The zero-order chi connectivity index (χ0) is 13.2. The van der Waals surface area contributed by atoms with Gasteiger partial charge >= 0.3 is 0 Å². The lowest BCUT2D eigenvalue weighted by molar-refractivity contribution is 0.322. The summed E-state index contributed by atoms with van der Waals surface area (Å²) in [6.07, 6.45) is 4.22. The summed E-state index contributed by atoms with van der Waals surface area (Å²) in [6, 6.07) is 0. The first-order valence-electron chi connectivity index (χ1n) is 6.41. The highest BCUT2D eigenvalue weighted by molar-refractivity contribution is 6.70. The smallest absolute Gasteiger partial charge is 0.241 e. The summed E-state index contributed by atoms with van der Waals surface area (Å²) in [6.45, 7) is 19.1. The van der Waals surface area contributed by atoms with Crippen molar-refractivity contribution in [3.8, 4) is 0 Å². The molecule has 2 atom stereocenters. The van der Waals surface area contributed by atoms with Crippen molar-refractivity contribution in [3.05, 3.63) is 36.1 Å². The summed E-state index contributed by atoms with van der Waals surface area (Å²) in [5.41, 5.74) is 2.64. The Hall–Kier alpha value is -0.763. The van der Waals surface area contributed by atoms with Gasteiger partial charge in [-0.25, -0.2) is 0 Å². The van der Waals surface area contributed by atoms with E-state index in [1.54, 1.807) is 0 Å². The van der Waals surface area contributed by atoms with E-state index < -0.39 is 8.32 Å². The summed E-state index contributed by atoms with van der Waals surface area (Å²) in [5, 5.41) is 0. The highest BCUT2D eigenvalue weighted by Crippen LogP contribution is 2.38. The predicted octanol–water partition coefficient (Wildman–Crippen LogP) is 4.90. The van der Waals surface area contributed by atoms with E-state index in [1.807, 2.05) is 0 Å². The molecule has 17 heavy (non-hydrogen) atoms. The number of allylic oxidation sites excluding steroid dienone is 4. The first-order chi connectivity index (χ1) is 7.74. The van der Waals surface area contributed by atoms with Crippen molar-refractivity contribution in [3.63, 3.8) is 0 Å². The summed E-state index contributed by atoms with van der Waals surface area (Å²) in [5.74, 6) is 2.21. The standard InChI is InChI=1S/C15H26OSi/c1-8-13-9-14(11(2)3)10-15(12(13)4)16-17(5,6)7/h8,13-14H,1-2,9-10H2,3-7H3/t13-,14-/m0/s1. The molecule has 0 radical (unpaired) electrons. The Morgan fingerprint density at radius 2 is 2.00 bits per heavy atom. The molecule has 0 unspecified atom stereocenters. The predicted molar refractivity (Wildman–Crippen MR) is 78.4 cm³/mol. The Labute approximate surface area is 107 Å². The van der Waals surface area contributed by atoms with Crippen LogP contribution < -0.4 is 0 Å². The average molecular weight is 250 g/mol. The molecule has 0 saturated heterocycles. The van der Waals surface area contributed by atoms with Crippen LogP contribution >= 0.6 is 0 Å². The largest absolute Gasteiger partial charge is 0.547 e. The molecule has 0 heterocycles. The molecule has 0 aliphatic heterocycles. The fourth-order valence-electron chi connectivity index (χ4n) is 2.30. The van der Waals surface area contributed by atoms with E-state index in [9.17, 15) is 0 Å². The quantitative estimate of drug-likeness (QED) is 0.509. The molecule has 0 N–H and O–H groups in total. The molecule has 2 heteroatoms. The summed E-state index contributed by atoms with van der Waals surface area (Å²) in [7, 11) is -1.51. The van der Waals surface area contributed by atoms with Crippen LogP contribution in [-0.4, -0.2) is 8.32 Å².